The molecule has 0 amide bonds. The number of esters is 1. The molecular formula is C11H13NO3. The molecule has 0 saturated heterocycles. The number of hydrogen-bond donors (Lipinski definition) is 1. The van der Waals surface area contributed by atoms with Gasteiger partial charge in [0.15, 0.2) is 5.71 Å². The van der Waals surface area contributed by atoms with Gasteiger partial charge < -0.3 is 9.47 Å². The van der Waals surface area contributed by atoms with Crippen LogP contribution in [0.5, 0.6) is 5.75 Å². The summed E-state index contributed by atoms with van der Waals surface area (Å²) in [5, 5.41) is 7.62. The molecule has 0 atom stereocenters. The topological polar surface area (TPSA) is 59.4 Å². The number of aryl methyl sites for hydroxylation is 1. The Hall–Kier alpha value is -1.84. The molecule has 4 nitrogen and oxygen atoms in total. The van der Waals surface area contributed by atoms with Gasteiger partial charge in [-0.25, -0.2) is 4.79 Å². The molecule has 0 aliphatic heterocycles. The third-order valence-electron chi connectivity index (χ3n) is 2.01. The van der Waals surface area contributed by atoms with Crippen molar-refractivity contribution in [1.29, 1.82) is 5.41 Å². The maximum atomic E-state index is 11.2. The summed E-state index contributed by atoms with van der Waals surface area (Å²) in [5.41, 5.74) is 1.21. The summed E-state index contributed by atoms with van der Waals surface area (Å²) in [7, 11) is 2.75. The molecular weight excluding hydrogens is 194 g/mol. The minimum atomic E-state index is -0.668. The van der Waals surface area contributed by atoms with E-state index in [0.717, 1.165) is 5.56 Å². The highest BCUT2D eigenvalue weighted by molar-refractivity contribution is 6.42. The molecule has 1 rings (SSSR count). The van der Waals surface area contributed by atoms with Gasteiger partial charge >= 0.3 is 5.97 Å². The lowest BCUT2D eigenvalue weighted by Crippen LogP contribution is -2.16. The van der Waals surface area contributed by atoms with E-state index in [1.165, 1.54) is 14.2 Å². The highest BCUT2D eigenvalue weighted by atomic mass is 16.5. The summed E-state index contributed by atoms with van der Waals surface area (Å²) in [6.07, 6.45) is 0. The third kappa shape index (κ3) is 2.34. The molecule has 1 N–H and O–H groups in total. The minimum absolute atomic E-state index is 0.196. The Morgan fingerprint density at radius 3 is 2.53 bits per heavy atom. The Kier molecular flexibility index (Phi) is 3.44. The van der Waals surface area contributed by atoms with Crippen LogP contribution in [0.4, 0.5) is 0 Å². The first-order valence-electron chi connectivity index (χ1n) is 4.42. The van der Waals surface area contributed by atoms with Crippen molar-refractivity contribution in [3.05, 3.63) is 29.3 Å². The van der Waals surface area contributed by atoms with Crippen LogP contribution < -0.4 is 4.74 Å². The van der Waals surface area contributed by atoms with Gasteiger partial charge in [0.1, 0.15) is 5.75 Å². The van der Waals surface area contributed by atoms with Crippen LogP contribution >= 0.6 is 0 Å². The first kappa shape index (κ1) is 11.2. The van der Waals surface area contributed by atoms with E-state index < -0.39 is 5.97 Å². The molecule has 0 aliphatic rings. The number of carbonyl (C=O) groups excluding carboxylic acids is 1. The highest BCUT2D eigenvalue weighted by Gasteiger charge is 2.16. The molecule has 0 fully saturated rings. The minimum Gasteiger partial charge on any atom is -0.496 e. The van der Waals surface area contributed by atoms with Crippen LogP contribution in [0.1, 0.15) is 11.1 Å². The summed E-state index contributed by atoms with van der Waals surface area (Å²) in [6, 6.07) is 5.30. The smallest absolute Gasteiger partial charge is 0.356 e. The van der Waals surface area contributed by atoms with Crippen LogP contribution in [0, 0.1) is 12.3 Å². The Morgan fingerprint density at radius 1 is 1.33 bits per heavy atom. The number of benzene rings is 1. The third-order valence-corrected chi connectivity index (χ3v) is 2.01. The lowest BCUT2D eigenvalue weighted by Gasteiger charge is -2.08. The van der Waals surface area contributed by atoms with Crippen LogP contribution in [0.2, 0.25) is 0 Å². The van der Waals surface area contributed by atoms with Crippen molar-refractivity contribution >= 4 is 11.7 Å². The first-order valence-corrected chi connectivity index (χ1v) is 4.42. The predicted octanol–water partition coefficient (Wildman–Crippen LogP) is 1.54. The van der Waals surface area contributed by atoms with Crippen LogP contribution in [-0.4, -0.2) is 25.9 Å². The van der Waals surface area contributed by atoms with Crippen molar-refractivity contribution in [2.24, 2.45) is 0 Å². The fourth-order valence-corrected chi connectivity index (χ4v) is 1.23. The zero-order valence-electron chi connectivity index (χ0n) is 8.96. The van der Waals surface area contributed by atoms with Gasteiger partial charge in [0.05, 0.1) is 14.2 Å². The van der Waals surface area contributed by atoms with E-state index in [1.54, 1.807) is 12.1 Å². The molecule has 0 spiro atoms. The molecule has 0 radical (unpaired) electrons. The van der Waals surface area contributed by atoms with Crippen molar-refractivity contribution in [3.8, 4) is 5.75 Å². The average Bonchev–Trinajstić information content (AvgIpc) is 2.27. The maximum Gasteiger partial charge on any atom is 0.356 e. The zero-order chi connectivity index (χ0) is 11.4. The molecule has 1 aromatic rings. The van der Waals surface area contributed by atoms with Crippen molar-refractivity contribution < 1.29 is 14.3 Å². The number of ether oxygens (including phenoxy) is 2. The van der Waals surface area contributed by atoms with Gasteiger partial charge in [-0.15, -0.1) is 0 Å². The summed E-state index contributed by atoms with van der Waals surface area (Å²) >= 11 is 0. The van der Waals surface area contributed by atoms with Crippen molar-refractivity contribution in [2.75, 3.05) is 14.2 Å². The Bertz CT molecular complexity index is 399. The van der Waals surface area contributed by atoms with Gasteiger partial charge in [0.2, 0.25) is 0 Å². The largest absolute Gasteiger partial charge is 0.496 e. The molecule has 15 heavy (non-hydrogen) atoms. The average molecular weight is 207 g/mol. The van der Waals surface area contributed by atoms with E-state index in [-0.39, 0.29) is 5.71 Å². The monoisotopic (exact) mass is 207 g/mol. The Balaban J connectivity index is 3.17. The van der Waals surface area contributed by atoms with Crippen LogP contribution in [-0.2, 0) is 9.53 Å². The molecule has 1 aromatic carbocycles. The van der Waals surface area contributed by atoms with E-state index in [0.29, 0.717) is 11.3 Å². The second-order valence-corrected chi connectivity index (χ2v) is 3.07. The van der Waals surface area contributed by atoms with Gasteiger partial charge in [-0.1, -0.05) is 11.6 Å². The molecule has 0 aromatic heterocycles. The van der Waals surface area contributed by atoms with Crippen molar-refractivity contribution in [1.82, 2.24) is 0 Å². The van der Waals surface area contributed by atoms with Crippen LogP contribution in [0.3, 0.4) is 0 Å². The molecule has 0 unspecified atom stereocenters. The number of hydrogen-bond acceptors (Lipinski definition) is 4. The van der Waals surface area contributed by atoms with Gasteiger partial charge in [0.25, 0.3) is 0 Å². The number of carbonyl (C=O) groups is 1. The molecule has 0 heterocycles. The predicted molar refractivity (Wildman–Crippen MR) is 56.6 cm³/mol. The Morgan fingerprint density at radius 2 is 2.00 bits per heavy atom. The second-order valence-electron chi connectivity index (χ2n) is 3.07. The SMILES string of the molecule is COC(=O)C(=N)c1cc(C)ccc1OC. The van der Waals surface area contributed by atoms with Crippen molar-refractivity contribution in [3.63, 3.8) is 0 Å². The van der Waals surface area contributed by atoms with Crippen molar-refractivity contribution in [2.45, 2.75) is 6.92 Å². The normalized spacial score (nSPS) is 9.53. The number of nitrogens with one attached hydrogen (secondary N) is 1. The summed E-state index contributed by atoms with van der Waals surface area (Å²) in [5.74, 6) is -0.171. The van der Waals surface area contributed by atoms with Crippen LogP contribution in [0.25, 0.3) is 0 Å². The molecule has 4 heteroatoms. The standard InChI is InChI=1S/C11H13NO3/c1-7-4-5-9(14-2)8(6-7)10(12)11(13)15-3/h4-6,12H,1-3H3. The second kappa shape index (κ2) is 4.59. The fourth-order valence-electron chi connectivity index (χ4n) is 1.23. The quantitative estimate of drug-likeness (QED) is 0.604. The maximum absolute atomic E-state index is 11.2. The van der Waals surface area contributed by atoms with Gasteiger partial charge in [-0.05, 0) is 19.1 Å². The van der Waals surface area contributed by atoms with Gasteiger partial charge in [0, 0.05) is 5.56 Å². The van der Waals surface area contributed by atoms with Crippen LogP contribution in [0.15, 0.2) is 18.2 Å². The van der Waals surface area contributed by atoms with E-state index in [4.69, 9.17) is 10.1 Å². The summed E-state index contributed by atoms with van der Waals surface area (Å²) in [4.78, 5) is 11.2. The zero-order valence-corrected chi connectivity index (χ0v) is 8.96. The molecule has 0 aliphatic carbocycles. The van der Waals surface area contributed by atoms with E-state index >= 15 is 0 Å². The van der Waals surface area contributed by atoms with E-state index in [1.807, 2.05) is 13.0 Å². The summed E-state index contributed by atoms with van der Waals surface area (Å²) in [6.45, 7) is 1.88. The number of methoxy groups -OCH3 is 2. The van der Waals surface area contributed by atoms with Gasteiger partial charge in [-0.2, -0.15) is 0 Å². The molecule has 0 saturated carbocycles. The summed E-state index contributed by atoms with van der Waals surface area (Å²) < 4.78 is 9.55. The fraction of sp³-hybridized carbons (Fsp3) is 0.273. The number of rotatable bonds is 3. The van der Waals surface area contributed by atoms with E-state index in [2.05, 4.69) is 4.74 Å². The Labute approximate surface area is 88.3 Å². The first-order chi connectivity index (χ1) is 7.10. The van der Waals surface area contributed by atoms with E-state index in [9.17, 15) is 4.79 Å². The molecule has 0 bridgehead atoms. The van der Waals surface area contributed by atoms with Gasteiger partial charge in [-0.3, -0.25) is 5.41 Å². The molecule has 80 valence electrons. The lowest BCUT2D eigenvalue weighted by atomic mass is 10.1. The lowest BCUT2D eigenvalue weighted by molar-refractivity contribution is -0.132. The highest BCUT2D eigenvalue weighted by Crippen LogP contribution is 2.20.